The highest BCUT2D eigenvalue weighted by Gasteiger charge is 2.17. The van der Waals surface area contributed by atoms with Gasteiger partial charge in [0.25, 0.3) is 0 Å². The van der Waals surface area contributed by atoms with Crippen molar-refractivity contribution < 1.29 is 15.0 Å². The molecule has 1 amide bonds. The predicted molar refractivity (Wildman–Crippen MR) is 44.0 cm³/mol. The normalized spacial score (nSPS) is 30.8. The van der Waals surface area contributed by atoms with Crippen molar-refractivity contribution in [2.45, 2.75) is 44.2 Å². The van der Waals surface area contributed by atoms with E-state index in [1.807, 2.05) is 0 Å². The molecule has 4 heteroatoms. The first-order chi connectivity index (χ1) is 5.68. The fourth-order valence-corrected chi connectivity index (χ4v) is 1.60. The SMILES string of the molecule is O=C(O)N[C@@H]1CCC[C@H](O)CC1. The van der Waals surface area contributed by atoms with E-state index in [0.29, 0.717) is 6.42 Å². The maximum absolute atomic E-state index is 10.3. The van der Waals surface area contributed by atoms with Gasteiger partial charge in [-0.05, 0) is 32.1 Å². The molecule has 2 atom stereocenters. The highest BCUT2D eigenvalue weighted by atomic mass is 16.4. The lowest BCUT2D eigenvalue weighted by Gasteiger charge is -2.12. The Morgan fingerprint density at radius 2 is 2.00 bits per heavy atom. The predicted octanol–water partition coefficient (Wildman–Crippen LogP) is 0.948. The molecule has 0 heterocycles. The smallest absolute Gasteiger partial charge is 0.404 e. The first-order valence-corrected chi connectivity index (χ1v) is 4.36. The minimum Gasteiger partial charge on any atom is -0.465 e. The number of hydrogen-bond donors (Lipinski definition) is 3. The zero-order valence-corrected chi connectivity index (χ0v) is 6.99. The van der Waals surface area contributed by atoms with Crippen LogP contribution in [0.4, 0.5) is 4.79 Å². The molecule has 1 rings (SSSR count). The van der Waals surface area contributed by atoms with Crippen LogP contribution in [0.25, 0.3) is 0 Å². The van der Waals surface area contributed by atoms with Crippen LogP contribution >= 0.6 is 0 Å². The van der Waals surface area contributed by atoms with Gasteiger partial charge in [0.15, 0.2) is 0 Å². The summed E-state index contributed by atoms with van der Waals surface area (Å²) in [6.45, 7) is 0. The maximum Gasteiger partial charge on any atom is 0.404 e. The summed E-state index contributed by atoms with van der Waals surface area (Å²) < 4.78 is 0. The van der Waals surface area contributed by atoms with Crippen LogP contribution in [-0.4, -0.2) is 28.5 Å². The largest absolute Gasteiger partial charge is 0.465 e. The zero-order valence-electron chi connectivity index (χ0n) is 6.99. The summed E-state index contributed by atoms with van der Waals surface area (Å²) in [6.07, 6.45) is 2.84. The van der Waals surface area contributed by atoms with Gasteiger partial charge in [0, 0.05) is 6.04 Å². The third kappa shape index (κ3) is 3.09. The highest BCUT2D eigenvalue weighted by molar-refractivity contribution is 5.64. The van der Waals surface area contributed by atoms with Gasteiger partial charge in [-0.3, -0.25) is 0 Å². The Kier molecular flexibility index (Phi) is 3.34. The van der Waals surface area contributed by atoms with Crippen LogP contribution in [-0.2, 0) is 0 Å². The van der Waals surface area contributed by atoms with Crippen LogP contribution in [0, 0.1) is 0 Å². The van der Waals surface area contributed by atoms with Crippen LogP contribution in [0.5, 0.6) is 0 Å². The summed E-state index contributed by atoms with van der Waals surface area (Å²) in [5.74, 6) is 0. The van der Waals surface area contributed by atoms with Crippen molar-refractivity contribution in [1.29, 1.82) is 0 Å². The second-order valence-electron chi connectivity index (χ2n) is 3.31. The van der Waals surface area contributed by atoms with Crippen molar-refractivity contribution in [1.82, 2.24) is 5.32 Å². The molecule has 1 saturated carbocycles. The fraction of sp³-hybridized carbons (Fsp3) is 0.875. The molecule has 0 aromatic carbocycles. The first kappa shape index (κ1) is 9.32. The summed E-state index contributed by atoms with van der Waals surface area (Å²) in [6, 6.07) is 0.0413. The number of rotatable bonds is 1. The lowest BCUT2D eigenvalue weighted by molar-refractivity contribution is 0.155. The van der Waals surface area contributed by atoms with E-state index in [-0.39, 0.29) is 12.1 Å². The minimum atomic E-state index is -0.962. The van der Waals surface area contributed by atoms with Crippen LogP contribution in [0.15, 0.2) is 0 Å². The van der Waals surface area contributed by atoms with E-state index >= 15 is 0 Å². The van der Waals surface area contributed by atoms with Crippen molar-refractivity contribution >= 4 is 6.09 Å². The summed E-state index contributed by atoms with van der Waals surface area (Å²) in [7, 11) is 0. The van der Waals surface area contributed by atoms with E-state index in [9.17, 15) is 9.90 Å². The Balaban J connectivity index is 2.30. The van der Waals surface area contributed by atoms with Crippen LogP contribution in [0.1, 0.15) is 32.1 Å². The number of aliphatic hydroxyl groups excluding tert-OH is 1. The third-order valence-corrected chi connectivity index (χ3v) is 2.27. The molecule has 0 saturated heterocycles. The lowest BCUT2D eigenvalue weighted by Crippen LogP contribution is -2.33. The molecule has 4 nitrogen and oxygen atoms in total. The molecule has 0 bridgehead atoms. The molecular weight excluding hydrogens is 158 g/mol. The molecule has 1 aliphatic rings. The number of carboxylic acid groups (broad SMARTS) is 1. The molecule has 0 radical (unpaired) electrons. The average Bonchev–Trinajstić information content (AvgIpc) is 2.15. The van der Waals surface area contributed by atoms with E-state index in [4.69, 9.17) is 5.11 Å². The molecule has 1 aliphatic carbocycles. The van der Waals surface area contributed by atoms with Gasteiger partial charge in [0.05, 0.1) is 6.10 Å². The molecule has 0 unspecified atom stereocenters. The third-order valence-electron chi connectivity index (χ3n) is 2.27. The molecule has 0 spiro atoms. The average molecular weight is 173 g/mol. The Morgan fingerprint density at radius 3 is 2.67 bits per heavy atom. The molecular formula is C8H15NO3. The van der Waals surface area contributed by atoms with E-state index in [0.717, 1.165) is 25.7 Å². The number of nitrogens with one attached hydrogen (secondary N) is 1. The van der Waals surface area contributed by atoms with E-state index in [1.165, 1.54) is 0 Å². The summed E-state index contributed by atoms with van der Waals surface area (Å²) >= 11 is 0. The fourth-order valence-electron chi connectivity index (χ4n) is 1.60. The van der Waals surface area contributed by atoms with Crippen molar-refractivity contribution in [3.63, 3.8) is 0 Å². The lowest BCUT2D eigenvalue weighted by atomic mass is 10.1. The van der Waals surface area contributed by atoms with E-state index in [2.05, 4.69) is 5.32 Å². The standard InChI is InChI=1S/C8H15NO3/c10-7-3-1-2-6(4-5-7)9-8(11)12/h6-7,9-10H,1-5H2,(H,11,12)/t6-,7+/m1/s1. The molecule has 3 N–H and O–H groups in total. The van der Waals surface area contributed by atoms with Gasteiger partial charge < -0.3 is 15.5 Å². The quantitative estimate of drug-likeness (QED) is 0.517. The number of hydrogen-bond acceptors (Lipinski definition) is 2. The Morgan fingerprint density at radius 1 is 1.25 bits per heavy atom. The second-order valence-corrected chi connectivity index (χ2v) is 3.31. The zero-order chi connectivity index (χ0) is 8.97. The monoisotopic (exact) mass is 173 g/mol. The van der Waals surface area contributed by atoms with Gasteiger partial charge in [-0.25, -0.2) is 4.79 Å². The van der Waals surface area contributed by atoms with Gasteiger partial charge in [-0.1, -0.05) is 0 Å². The van der Waals surface area contributed by atoms with Gasteiger partial charge in [0.2, 0.25) is 0 Å². The summed E-state index contributed by atoms with van der Waals surface area (Å²) in [5, 5.41) is 20.2. The Bertz CT molecular complexity index is 160. The van der Waals surface area contributed by atoms with Gasteiger partial charge in [-0.2, -0.15) is 0 Å². The molecule has 0 aliphatic heterocycles. The van der Waals surface area contributed by atoms with Crippen molar-refractivity contribution in [3.05, 3.63) is 0 Å². The highest BCUT2D eigenvalue weighted by Crippen LogP contribution is 2.17. The molecule has 0 aromatic rings. The topological polar surface area (TPSA) is 69.6 Å². The van der Waals surface area contributed by atoms with E-state index in [1.54, 1.807) is 0 Å². The van der Waals surface area contributed by atoms with Crippen LogP contribution in [0.3, 0.4) is 0 Å². The number of carbonyl (C=O) groups is 1. The summed E-state index contributed by atoms with van der Waals surface area (Å²) in [4.78, 5) is 10.3. The molecule has 70 valence electrons. The van der Waals surface area contributed by atoms with Gasteiger partial charge in [0.1, 0.15) is 0 Å². The first-order valence-electron chi connectivity index (χ1n) is 4.36. The van der Waals surface area contributed by atoms with Gasteiger partial charge >= 0.3 is 6.09 Å². The Hall–Kier alpha value is -0.770. The van der Waals surface area contributed by atoms with Gasteiger partial charge in [-0.15, -0.1) is 0 Å². The molecule has 1 fully saturated rings. The van der Waals surface area contributed by atoms with Crippen molar-refractivity contribution in [2.75, 3.05) is 0 Å². The number of amides is 1. The molecule has 0 aromatic heterocycles. The second kappa shape index (κ2) is 4.30. The number of aliphatic hydroxyl groups is 1. The van der Waals surface area contributed by atoms with Crippen LogP contribution < -0.4 is 5.32 Å². The van der Waals surface area contributed by atoms with Crippen LogP contribution in [0.2, 0.25) is 0 Å². The molecule has 12 heavy (non-hydrogen) atoms. The van der Waals surface area contributed by atoms with Crippen molar-refractivity contribution in [3.8, 4) is 0 Å². The summed E-state index contributed by atoms with van der Waals surface area (Å²) in [5.41, 5.74) is 0. The maximum atomic E-state index is 10.3. The Labute approximate surface area is 71.6 Å². The minimum absolute atomic E-state index is 0.0413. The van der Waals surface area contributed by atoms with Crippen molar-refractivity contribution in [2.24, 2.45) is 0 Å². The van der Waals surface area contributed by atoms with E-state index < -0.39 is 6.09 Å².